The van der Waals surface area contributed by atoms with E-state index in [9.17, 15) is 0 Å². The molecule has 76 valence electrons. The van der Waals surface area contributed by atoms with Gasteiger partial charge in [0.05, 0.1) is 5.69 Å². The highest BCUT2D eigenvalue weighted by Crippen LogP contribution is 2.18. The molecule has 0 bridgehead atoms. The van der Waals surface area contributed by atoms with Crippen molar-refractivity contribution in [2.45, 2.75) is 20.3 Å². The molecule has 1 aromatic heterocycles. The summed E-state index contributed by atoms with van der Waals surface area (Å²) in [5, 5.41) is 0. The molecule has 0 aliphatic carbocycles. The summed E-state index contributed by atoms with van der Waals surface area (Å²) < 4.78 is 0. The van der Waals surface area contributed by atoms with Crippen LogP contribution in [0.5, 0.6) is 0 Å². The second kappa shape index (κ2) is 4.74. The third-order valence-corrected chi connectivity index (χ3v) is 2.01. The minimum absolute atomic E-state index is 0.974. The standard InChI is InChI=1S/C11H17N3/c1-5-6-7-10-9(2)12-8-13-11(10)14(3)4/h6-8H,5H2,1-4H3/b7-6-. The summed E-state index contributed by atoms with van der Waals surface area (Å²) in [5.41, 5.74) is 2.13. The third kappa shape index (κ3) is 2.31. The van der Waals surface area contributed by atoms with Crippen molar-refractivity contribution in [1.29, 1.82) is 0 Å². The Morgan fingerprint density at radius 3 is 2.64 bits per heavy atom. The SMILES string of the molecule is CC/C=C\c1c(C)ncnc1N(C)C. The third-order valence-electron chi connectivity index (χ3n) is 2.01. The van der Waals surface area contributed by atoms with Crippen molar-refractivity contribution in [3.63, 3.8) is 0 Å². The Balaban J connectivity index is 3.15. The number of aryl methyl sites for hydroxylation is 1. The molecule has 1 heterocycles. The molecular formula is C11H17N3. The van der Waals surface area contributed by atoms with Gasteiger partial charge in [-0.15, -0.1) is 0 Å². The van der Waals surface area contributed by atoms with Crippen LogP contribution >= 0.6 is 0 Å². The lowest BCUT2D eigenvalue weighted by Gasteiger charge is -2.14. The predicted octanol–water partition coefficient (Wildman–Crippen LogP) is 2.27. The van der Waals surface area contributed by atoms with Gasteiger partial charge in [-0.25, -0.2) is 9.97 Å². The van der Waals surface area contributed by atoms with Crippen LogP contribution in [0.2, 0.25) is 0 Å². The molecular weight excluding hydrogens is 174 g/mol. The van der Waals surface area contributed by atoms with E-state index >= 15 is 0 Å². The van der Waals surface area contributed by atoms with Crippen LogP contribution in [0.15, 0.2) is 12.4 Å². The molecule has 0 aliphatic rings. The van der Waals surface area contributed by atoms with Crippen molar-refractivity contribution < 1.29 is 0 Å². The molecule has 0 radical (unpaired) electrons. The van der Waals surface area contributed by atoms with Gasteiger partial charge in [0.1, 0.15) is 12.1 Å². The zero-order chi connectivity index (χ0) is 10.6. The summed E-state index contributed by atoms with van der Waals surface area (Å²) >= 11 is 0. The molecule has 0 N–H and O–H groups in total. The van der Waals surface area contributed by atoms with E-state index in [2.05, 4.69) is 29.0 Å². The Kier molecular flexibility index (Phi) is 3.63. The summed E-state index contributed by atoms with van der Waals surface area (Å²) in [5.74, 6) is 0.974. The number of anilines is 1. The molecule has 0 saturated heterocycles. The van der Waals surface area contributed by atoms with Crippen molar-refractivity contribution in [3.05, 3.63) is 23.7 Å². The molecule has 0 aliphatic heterocycles. The van der Waals surface area contributed by atoms with Gasteiger partial charge in [-0.05, 0) is 13.3 Å². The molecule has 3 nitrogen and oxygen atoms in total. The highest BCUT2D eigenvalue weighted by Gasteiger charge is 2.06. The Hall–Kier alpha value is -1.38. The second-order valence-corrected chi connectivity index (χ2v) is 3.40. The fourth-order valence-corrected chi connectivity index (χ4v) is 1.26. The van der Waals surface area contributed by atoms with E-state index in [-0.39, 0.29) is 0 Å². The zero-order valence-corrected chi connectivity index (χ0v) is 9.28. The topological polar surface area (TPSA) is 29.0 Å². The Labute approximate surface area is 85.5 Å². The molecule has 1 aromatic rings. The first kappa shape index (κ1) is 10.7. The first-order valence-corrected chi connectivity index (χ1v) is 4.82. The second-order valence-electron chi connectivity index (χ2n) is 3.40. The van der Waals surface area contributed by atoms with Crippen LogP contribution in [0, 0.1) is 6.92 Å². The average Bonchev–Trinajstić information content (AvgIpc) is 2.15. The summed E-state index contributed by atoms with van der Waals surface area (Å²) in [6.45, 7) is 4.12. The average molecular weight is 191 g/mol. The fraction of sp³-hybridized carbons (Fsp3) is 0.455. The lowest BCUT2D eigenvalue weighted by Crippen LogP contribution is -2.13. The number of aromatic nitrogens is 2. The van der Waals surface area contributed by atoms with E-state index in [0.29, 0.717) is 0 Å². The lowest BCUT2D eigenvalue weighted by atomic mass is 10.2. The van der Waals surface area contributed by atoms with E-state index in [0.717, 1.165) is 23.5 Å². The van der Waals surface area contributed by atoms with Gasteiger partial charge in [-0.3, -0.25) is 0 Å². The first-order valence-electron chi connectivity index (χ1n) is 4.82. The van der Waals surface area contributed by atoms with Crippen molar-refractivity contribution >= 4 is 11.9 Å². The Morgan fingerprint density at radius 2 is 2.07 bits per heavy atom. The van der Waals surface area contributed by atoms with E-state index in [1.54, 1.807) is 6.33 Å². The molecule has 0 fully saturated rings. The van der Waals surface area contributed by atoms with Crippen LogP contribution in [0.3, 0.4) is 0 Å². The van der Waals surface area contributed by atoms with Gasteiger partial charge in [0.25, 0.3) is 0 Å². The number of nitrogens with zero attached hydrogens (tertiary/aromatic N) is 3. The van der Waals surface area contributed by atoms with Gasteiger partial charge >= 0.3 is 0 Å². The van der Waals surface area contributed by atoms with E-state index < -0.39 is 0 Å². The van der Waals surface area contributed by atoms with E-state index in [1.807, 2.05) is 25.9 Å². The van der Waals surface area contributed by atoms with Crippen LogP contribution in [0.25, 0.3) is 6.08 Å². The summed E-state index contributed by atoms with van der Waals surface area (Å²) in [6.07, 6.45) is 6.85. The maximum absolute atomic E-state index is 4.26. The smallest absolute Gasteiger partial charge is 0.138 e. The zero-order valence-electron chi connectivity index (χ0n) is 9.28. The van der Waals surface area contributed by atoms with Crippen molar-refractivity contribution in [2.24, 2.45) is 0 Å². The van der Waals surface area contributed by atoms with Crippen LogP contribution in [-0.4, -0.2) is 24.1 Å². The highest BCUT2D eigenvalue weighted by molar-refractivity contribution is 5.65. The summed E-state index contributed by atoms with van der Waals surface area (Å²) in [4.78, 5) is 10.4. The summed E-state index contributed by atoms with van der Waals surface area (Å²) in [6, 6.07) is 0. The normalized spacial score (nSPS) is 10.9. The molecule has 3 heteroatoms. The van der Waals surface area contributed by atoms with Crippen LogP contribution in [0.4, 0.5) is 5.82 Å². The highest BCUT2D eigenvalue weighted by atomic mass is 15.1. The molecule has 1 rings (SSSR count). The predicted molar refractivity (Wildman–Crippen MR) is 60.4 cm³/mol. The number of hydrogen-bond acceptors (Lipinski definition) is 3. The van der Waals surface area contributed by atoms with Gasteiger partial charge < -0.3 is 4.90 Å². The number of hydrogen-bond donors (Lipinski definition) is 0. The van der Waals surface area contributed by atoms with Crippen molar-refractivity contribution in [1.82, 2.24) is 9.97 Å². The molecule has 0 saturated carbocycles. The van der Waals surface area contributed by atoms with Crippen LogP contribution in [0.1, 0.15) is 24.6 Å². The number of allylic oxidation sites excluding steroid dienone is 1. The molecule has 0 amide bonds. The van der Waals surface area contributed by atoms with Gasteiger partial charge in [0, 0.05) is 19.7 Å². The Bertz CT molecular complexity index is 329. The largest absolute Gasteiger partial charge is 0.362 e. The van der Waals surface area contributed by atoms with Crippen LogP contribution in [-0.2, 0) is 0 Å². The van der Waals surface area contributed by atoms with Crippen LogP contribution < -0.4 is 4.90 Å². The monoisotopic (exact) mass is 191 g/mol. The maximum Gasteiger partial charge on any atom is 0.138 e. The fourth-order valence-electron chi connectivity index (χ4n) is 1.26. The number of rotatable bonds is 3. The van der Waals surface area contributed by atoms with Crippen molar-refractivity contribution in [2.75, 3.05) is 19.0 Å². The van der Waals surface area contributed by atoms with Gasteiger partial charge in [-0.1, -0.05) is 19.1 Å². The lowest BCUT2D eigenvalue weighted by molar-refractivity contribution is 1.01. The Morgan fingerprint density at radius 1 is 1.36 bits per heavy atom. The van der Waals surface area contributed by atoms with Gasteiger partial charge in [-0.2, -0.15) is 0 Å². The maximum atomic E-state index is 4.26. The minimum Gasteiger partial charge on any atom is -0.362 e. The van der Waals surface area contributed by atoms with E-state index in [1.165, 1.54) is 0 Å². The molecule has 0 atom stereocenters. The van der Waals surface area contributed by atoms with Crippen molar-refractivity contribution in [3.8, 4) is 0 Å². The van der Waals surface area contributed by atoms with E-state index in [4.69, 9.17) is 0 Å². The molecule has 0 aromatic carbocycles. The molecule has 0 spiro atoms. The van der Waals surface area contributed by atoms with Gasteiger partial charge in [0.2, 0.25) is 0 Å². The summed E-state index contributed by atoms with van der Waals surface area (Å²) in [7, 11) is 3.98. The molecule has 0 unspecified atom stereocenters. The quantitative estimate of drug-likeness (QED) is 0.734. The van der Waals surface area contributed by atoms with Gasteiger partial charge in [0.15, 0.2) is 0 Å². The molecule has 14 heavy (non-hydrogen) atoms. The first-order chi connectivity index (χ1) is 6.66. The minimum atomic E-state index is 0.974.